The smallest absolute Gasteiger partial charge is 0.357 e. The Hall–Kier alpha value is -1.16. The summed E-state index contributed by atoms with van der Waals surface area (Å²) in [5.74, 6) is -0.373. The van der Waals surface area contributed by atoms with Crippen LogP contribution in [-0.2, 0) is 4.74 Å². The van der Waals surface area contributed by atoms with Crippen LogP contribution in [0.5, 0.6) is 0 Å². The molecule has 0 fully saturated rings. The SMILES string of the molecule is C=Cc1nc(C(=O)OCC)cs1. The molecule has 64 valence electrons. The average Bonchev–Trinajstić information content (AvgIpc) is 2.52. The van der Waals surface area contributed by atoms with Crippen molar-refractivity contribution in [3.05, 3.63) is 22.7 Å². The minimum Gasteiger partial charge on any atom is -0.461 e. The number of aromatic nitrogens is 1. The van der Waals surface area contributed by atoms with E-state index in [-0.39, 0.29) is 5.97 Å². The van der Waals surface area contributed by atoms with Crippen LogP contribution in [0.25, 0.3) is 6.08 Å². The van der Waals surface area contributed by atoms with Crippen LogP contribution < -0.4 is 0 Å². The quantitative estimate of drug-likeness (QED) is 0.672. The summed E-state index contributed by atoms with van der Waals surface area (Å²) in [6.45, 7) is 5.68. The van der Waals surface area contributed by atoms with E-state index >= 15 is 0 Å². The first-order valence-electron chi connectivity index (χ1n) is 3.53. The molecule has 0 bridgehead atoms. The number of hydrogen-bond donors (Lipinski definition) is 0. The second-order valence-corrected chi connectivity index (χ2v) is 2.89. The standard InChI is InChI=1S/C8H9NO2S/c1-3-7-9-6(5-12-7)8(10)11-4-2/h3,5H,1,4H2,2H3. The molecule has 0 aromatic carbocycles. The molecule has 0 amide bonds. The van der Waals surface area contributed by atoms with Gasteiger partial charge in [0, 0.05) is 5.38 Å². The zero-order chi connectivity index (χ0) is 8.97. The molecular weight excluding hydrogens is 174 g/mol. The monoisotopic (exact) mass is 183 g/mol. The van der Waals surface area contributed by atoms with E-state index in [4.69, 9.17) is 4.74 Å². The highest BCUT2D eigenvalue weighted by Gasteiger charge is 2.09. The van der Waals surface area contributed by atoms with Crippen LogP contribution in [0.15, 0.2) is 12.0 Å². The van der Waals surface area contributed by atoms with E-state index in [2.05, 4.69) is 11.6 Å². The molecule has 0 saturated heterocycles. The van der Waals surface area contributed by atoms with E-state index in [1.165, 1.54) is 11.3 Å². The van der Waals surface area contributed by atoms with Gasteiger partial charge in [0.25, 0.3) is 0 Å². The van der Waals surface area contributed by atoms with E-state index in [0.717, 1.165) is 5.01 Å². The van der Waals surface area contributed by atoms with Crippen LogP contribution in [0.3, 0.4) is 0 Å². The van der Waals surface area contributed by atoms with Gasteiger partial charge in [-0.15, -0.1) is 11.3 Å². The predicted octanol–water partition coefficient (Wildman–Crippen LogP) is 1.96. The molecule has 3 nitrogen and oxygen atoms in total. The molecule has 0 saturated carbocycles. The highest BCUT2D eigenvalue weighted by atomic mass is 32.1. The van der Waals surface area contributed by atoms with Crippen LogP contribution in [0, 0.1) is 0 Å². The minimum absolute atomic E-state index is 0.358. The van der Waals surface area contributed by atoms with E-state index in [1.54, 1.807) is 18.4 Å². The van der Waals surface area contributed by atoms with Crippen molar-refractivity contribution in [1.29, 1.82) is 0 Å². The Balaban J connectivity index is 2.74. The molecule has 0 N–H and O–H groups in total. The summed E-state index contributed by atoms with van der Waals surface area (Å²) in [4.78, 5) is 15.0. The molecule has 4 heteroatoms. The summed E-state index contributed by atoms with van der Waals surface area (Å²) in [5, 5.41) is 2.40. The zero-order valence-electron chi connectivity index (χ0n) is 6.74. The summed E-state index contributed by atoms with van der Waals surface area (Å²) >= 11 is 1.37. The number of carbonyl (C=O) groups excluding carboxylic acids is 1. The van der Waals surface area contributed by atoms with Gasteiger partial charge in [-0.3, -0.25) is 0 Å². The van der Waals surface area contributed by atoms with Crippen molar-refractivity contribution >= 4 is 23.4 Å². The molecule has 1 aromatic heterocycles. The topological polar surface area (TPSA) is 39.2 Å². The molecule has 0 unspecified atom stereocenters. The highest BCUT2D eigenvalue weighted by Crippen LogP contribution is 2.11. The van der Waals surface area contributed by atoms with Crippen LogP contribution >= 0.6 is 11.3 Å². The van der Waals surface area contributed by atoms with Gasteiger partial charge in [-0.25, -0.2) is 9.78 Å². The molecule has 12 heavy (non-hydrogen) atoms. The van der Waals surface area contributed by atoms with Crippen molar-refractivity contribution in [2.45, 2.75) is 6.92 Å². The molecule has 0 spiro atoms. The number of hydrogen-bond acceptors (Lipinski definition) is 4. The van der Waals surface area contributed by atoms with Crippen molar-refractivity contribution in [3.8, 4) is 0 Å². The number of esters is 1. The fraction of sp³-hybridized carbons (Fsp3) is 0.250. The van der Waals surface area contributed by atoms with Gasteiger partial charge in [0.05, 0.1) is 6.61 Å². The predicted molar refractivity (Wildman–Crippen MR) is 48.2 cm³/mol. The normalized spacial score (nSPS) is 9.42. The maximum Gasteiger partial charge on any atom is 0.357 e. The second kappa shape index (κ2) is 4.01. The van der Waals surface area contributed by atoms with Crippen LogP contribution in [0.4, 0.5) is 0 Å². The fourth-order valence-corrected chi connectivity index (χ4v) is 1.31. The number of rotatable bonds is 3. The molecule has 1 heterocycles. The second-order valence-electron chi connectivity index (χ2n) is 2.00. The summed E-state index contributed by atoms with van der Waals surface area (Å²) < 4.78 is 4.76. The maximum atomic E-state index is 11.1. The molecular formula is C8H9NO2S. The van der Waals surface area contributed by atoms with Crippen molar-refractivity contribution < 1.29 is 9.53 Å². The van der Waals surface area contributed by atoms with Crippen molar-refractivity contribution in [2.24, 2.45) is 0 Å². The lowest BCUT2D eigenvalue weighted by Gasteiger charge is -1.95. The Morgan fingerprint density at radius 1 is 1.92 bits per heavy atom. The number of ether oxygens (including phenoxy) is 1. The minimum atomic E-state index is -0.373. The van der Waals surface area contributed by atoms with Gasteiger partial charge in [-0.05, 0) is 13.0 Å². The van der Waals surface area contributed by atoms with Crippen LogP contribution in [0.2, 0.25) is 0 Å². The van der Waals surface area contributed by atoms with Gasteiger partial charge >= 0.3 is 5.97 Å². The fourth-order valence-electron chi connectivity index (χ4n) is 0.680. The molecule has 1 rings (SSSR count). The van der Waals surface area contributed by atoms with E-state index in [9.17, 15) is 4.79 Å². The van der Waals surface area contributed by atoms with Crippen LogP contribution in [-0.4, -0.2) is 17.6 Å². The summed E-state index contributed by atoms with van der Waals surface area (Å²) in [6.07, 6.45) is 1.60. The number of carbonyl (C=O) groups is 1. The third-order valence-corrected chi connectivity index (χ3v) is 2.02. The summed E-state index contributed by atoms with van der Waals surface area (Å²) in [7, 11) is 0. The Kier molecular flexibility index (Phi) is 2.99. The Labute approximate surface area is 74.7 Å². The first kappa shape index (κ1) is 8.93. The number of thiazole rings is 1. The lowest BCUT2D eigenvalue weighted by molar-refractivity contribution is 0.0520. The van der Waals surface area contributed by atoms with E-state index in [0.29, 0.717) is 12.3 Å². The van der Waals surface area contributed by atoms with Gasteiger partial charge in [0.2, 0.25) is 0 Å². The van der Waals surface area contributed by atoms with Crippen molar-refractivity contribution in [2.75, 3.05) is 6.61 Å². The van der Waals surface area contributed by atoms with Gasteiger partial charge in [0.1, 0.15) is 5.01 Å². The average molecular weight is 183 g/mol. The first-order chi connectivity index (χ1) is 5.77. The van der Waals surface area contributed by atoms with Gasteiger partial charge in [0.15, 0.2) is 5.69 Å². The highest BCUT2D eigenvalue weighted by molar-refractivity contribution is 7.10. The van der Waals surface area contributed by atoms with E-state index in [1.807, 2.05) is 0 Å². The lowest BCUT2D eigenvalue weighted by Crippen LogP contribution is -2.04. The molecule has 0 atom stereocenters. The van der Waals surface area contributed by atoms with Crippen molar-refractivity contribution in [1.82, 2.24) is 4.98 Å². The van der Waals surface area contributed by atoms with E-state index < -0.39 is 0 Å². The van der Waals surface area contributed by atoms with Gasteiger partial charge in [-0.1, -0.05) is 6.58 Å². The Morgan fingerprint density at radius 3 is 3.17 bits per heavy atom. The Bertz CT molecular complexity index is 293. The maximum absolute atomic E-state index is 11.1. The summed E-state index contributed by atoms with van der Waals surface area (Å²) in [5.41, 5.74) is 0.358. The van der Waals surface area contributed by atoms with Crippen LogP contribution in [0.1, 0.15) is 22.4 Å². The van der Waals surface area contributed by atoms with Crippen molar-refractivity contribution in [3.63, 3.8) is 0 Å². The molecule has 0 aliphatic rings. The molecule has 1 aromatic rings. The third kappa shape index (κ3) is 1.92. The first-order valence-corrected chi connectivity index (χ1v) is 4.41. The number of nitrogens with zero attached hydrogens (tertiary/aromatic N) is 1. The van der Waals surface area contributed by atoms with Gasteiger partial charge in [-0.2, -0.15) is 0 Å². The lowest BCUT2D eigenvalue weighted by atomic mass is 10.5. The molecule has 0 aliphatic carbocycles. The third-order valence-electron chi connectivity index (χ3n) is 1.18. The Morgan fingerprint density at radius 2 is 2.67 bits per heavy atom. The molecule has 0 radical (unpaired) electrons. The summed E-state index contributed by atoms with van der Waals surface area (Å²) in [6, 6.07) is 0. The zero-order valence-corrected chi connectivity index (χ0v) is 7.56. The van der Waals surface area contributed by atoms with Gasteiger partial charge < -0.3 is 4.74 Å². The molecule has 0 aliphatic heterocycles. The largest absolute Gasteiger partial charge is 0.461 e.